The Morgan fingerprint density at radius 2 is 2.33 bits per heavy atom. The van der Waals surface area contributed by atoms with Crippen molar-refractivity contribution < 1.29 is 9.18 Å². The molecule has 1 unspecified atom stereocenters. The van der Waals surface area contributed by atoms with Crippen molar-refractivity contribution in [1.29, 1.82) is 5.26 Å². The molecule has 1 aromatic carbocycles. The Bertz CT molecular complexity index is 425. The minimum atomic E-state index is -0.468. The quantitative estimate of drug-likeness (QED) is 0.790. The lowest BCUT2D eigenvalue weighted by Crippen LogP contribution is -2.10. The molecule has 4 heteroatoms. The van der Waals surface area contributed by atoms with Crippen LogP contribution in [0.25, 0.3) is 0 Å². The van der Waals surface area contributed by atoms with E-state index in [2.05, 4.69) is 15.9 Å². The summed E-state index contributed by atoms with van der Waals surface area (Å²) in [4.78, 5) is 11.7. The van der Waals surface area contributed by atoms with Crippen LogP contribution in [0.15, 0.2) is 22.7 Å². The summed E-state index contributed by atoms with van der Waals surface area (Å²) in [5.74, 6) is -1.07. The third-order valence-electron chi connectivity index (χ3n) is 2.05. The van der Waals surface area contributed by atoms with Gasteiger partial charge in [-0.1, -0.05) is 13.0 Å². The SMILES string of the molecule is CC(CC#N)C(=O)c1ccc(Br)c(F)c1. The lowest BCUT2D eigenvalue weighted by Gasteiger charge is -2.06. The number of nitrogens with zero attached hydrogens (tertiary/aromatic N) is 1. The van der Waals surface area contributed by atoms with E-state index in [1.807, 2.05) is 6.07 Å². The molecule has 1 aromatic rings. The fourth-order valence-electron chi connectivity index (χ4n) is 1.16. The van der Waals surface area contributed by atoms with Crippen molar-refractivity contribution in [2.75, 3.05) is 0 Å². The van der Waals surface area contributed by atoms with Crippen LogP contribution in [-0.2, 0) is 0 Å². The molecule has 0 radical (unpaired) electrons. The monoisotopic (exact) mass is 269 g/mol. The van der Waals surface area contributed by atoms with Crippen LogP contribution < -0.4 is 0 Å². The van der Waals surface area contributed by atoms with Crippen LogP contribution in [0.4, 0.5) is 4.39 Å². The first-order chi connectivity index (χ1) is 7.06. The standard InChI is InChI=1S/C11H9BrFNO/c1-7(4-5-14)11(15)8-2-3-9(12)10(13)6-8/h2-3,6-7H,4H2,1H3. The average Bonchev–Trinajstić information content (AvgIpc) is 2.21. The highest BCUT2D eigenvalue weighted by Gasteiger charge is 2.15. The summed E-state index contributed by atoms with van der Waals surface area (Å²) in [7, 11) is 0. The Hall–Kier alpha value is -1.21. The molecule has 0 amide bonds. The number of ketones is 1. The molecular weight excluding hydrogens is 261 g/mol. The minimum absolute atomic E-state index is 0.149. The second-order valence-electron chi connectivity index (χ2n) is 3.26. The van der Waals surface area contributed by atoms with E-state index in [9.17, 15) is 9.18 Å². The van der Waals surface area contributed by atoms with Crippen LogP contribution in [0.1, 0.15) is 23.7 Å². The Labute approximate surface area is 95.8 Å². The van der Waals surface area contributed by atoms with Gasteiger partial charge in [0.2, 0.25) is 0 Å². The number of nitriles is 1. The Kier molecular flexibility index (Phi) is 3.98. The first-order valence-electron chi connectivity index (χ1n) is 4.42. The van der Waals surface area contributed by atoms with Gasteiger partial charge in [-0.05, 0) is 28.1 Å². The molecule has 1 atom stereocenters. The highest BCUT2D eigenvalue weighted by Crippen LogP contribution is 2.19. The van der Waals surface area contributed by atoms with Crippen molar-refractivity contribution in [3.8, 4) is 6.07 Å². The van der Waals surface area contributed by atoms with Gasteiger partial charge in [0.05, 0.1) is 10.5 Å². The highest BCUT2D eigenvalue weighted by molar-refractivity contribution is 9.10. The maximum Gasteiger partial charge on any atom is 0.166 e. The number of benzene rings is 1. The largest absolute Gasteiger partial charge is 0.294 e. The van der Waals surface area contributed by atoms with E-state index in [4.69, 9.17) is 5.26 Å². The van der Waals surface area contributed by atoms with E-state index in [0.717, 1.165) is 0 Å². The van der Waals surface area contributed by atoms with E-state index < -0.39 is 11.7 Å². The van der Waals surface area contributed by atoms with E-state index >= 15 is 0 Å². The molecule has 78 valence electrons. The molecule has 0 spiro atoms. The molecule has 0 aromatic heterocycles. The van der Waals surface area contributed by atoms with Gasteiger partial charge in [-0.15, -0.1) is 0 Å². The van der Waals surface area contributed by atoms with Crippen LogP contribution in [-0.4, -0.2) is 5.78 Å². The number of halogens is 2. The predicted octanol–water partition coefficient (Wildman–Crippen LogP) is 3.32. The molecule has 0 saturated carbocycles. The number of rotatable bonds is 3. The lowest BCUT2D eigenvalue weighted by molar-refractivity contribution is 0.0931. The van der Waals surface area contributed by atoms with Gasteiger partial charge in [0, 0.05) is 17.9 Å². The smallest absolute Gasteiger partial charge is 0.166 e. The lowest BCUT2D eigenvalue weighted by atomic mass is 9.97. The maximum atomic E-state index is 13.1. The van der Waals surface area contributed by atoms with Crippen molar-refractivity contribution in [3.05, 3.63) is 34.1 Å². The molecule has 0 aliphatic heterocycles. The number of hydrogen-bond donors (Lipinski definition) is 0. The number of hydrogen-bond acceptors (Lipinski definition) is 2. The Morgan fingerprint density at radius 3 is 2.87 bits per heavy atom. The van der Waals surface area contributed by atoms with Crippen molar-refractivity contribution in [2.24, 2.45) is 5.92 Å². The molecular formula is C11H9BrFNO. The molecule has 0 fully saturated rings. The summed E-state index contributed by atoms with van der Waals surface area (Å²) in [6.07, 6.45) is 0.149. The van der Waals surface area contributed by atoms with Gasteiger partial charge in [0.1, 0.15) is 5.82 Å². The summed E-state index contributed by atoms with van der Waals surface area (Å²) in [5.41, 5.74) is 0.304. The van der Waals surface area contributed by atoms with Crippen LogP contribution >= 0.6 is 15.9 Å². The summed E-state index contributed by atoms with van der Waals surface area (Å²) >= 11 is 3.01. The zero-order chi connectivity index (χ0) is 11.4. The van der Waals surface area contributed by atoms with Crippen LogP contribution in [0.3, 0.4) is 0 Å². The number of Topliss-reactive ketones (excluding diaryl/α,β-unsaturated/α-hetero) is 1. The molecule has 0 saturated heterocycles. The fraction of sp³-hybridized carbons (Fsp3) is 0.273. The predicted molar refractivity (Wildman–Crippen MR) is 57.8 cm³/mol. The van der Waals surface area contributed by atoms with Gasteiger partial charge in [-0.2, -0.15) is 5.26 Å². The van der Waals surface area contributed by atoms with E-state index in [-0.39, 0.29) is 12.2 Å². The molecule has 0 aliphatic rings. The fourth-order valence-corrected chi connectivity index (χ4v) is 1.41. The Morgan fingerprint density at radius 1 is 1.67 bits per heavy atom. The van der Waals surface area contributed by atoms with Crippen LogP contribution in [0.5, 0.6) is 0 Å². The molecule has 0 heterocycles. The van der Waals surface area contributed by atoms with Gasteiger partial charge in [0.15, 0.2) is 5.78 Å². The minimum Gasteiger partial charge on any atom is -0.294 e. The molecule has 15 heavy (non-hydrogen) atoms. The first kappa shape index (κ1) is 11.9. The summed E-state index contributed by atoms with van der Waals surface area (Å²) < 4.78 is 13.5. The Balaban J connectivity index is 2.93. The third-order valence-corrected chi connectivity index (χ3v) is 2.69. The van der Waals surface area contributed by atoms with Gasteiger partial charge in [-0.3, -0.25) is 4.79 Å². The number of carbonyl (C=O) groups is 1. The molecule has 0 bridgehead atoms. The van der Waals surface area contributed by atoms with Crippen LogP contribution in [0, 0.1) is 23.1 Å². The molecule has 2 nitrogen and oxygen atoms in total. The van der Waals surface area contributed by atoms with Gasteiger partial charge < -0.3 is 0 Å². The molecule has 1 rings (SSSR count). The van der Waals surface area contributed by atoms with Gasteiger partial charge in [0.25, 0.3) is 0 Å². The first-order valence-corrected chi connectivity index (χ1v) is 5.21. The van der Waals surface area contributed by atoms with E-state index in [0.29, 0.717) is 10.0 Å². The van der Waals surface area contributed by atoms with Crippen molar-refractivity contribution >= 4 is 21.7 Å². The highest BCUT2D eigenvalue weighted by atomic mass is 79.9. The van der Waals surface area contributed by atoms with E-state index in [1.165, 1.54) is 12.1 Å². The molecule has 0 aliphatic carbocycles. The van der Waals surface area contributed by atoms with Crippen molar-refractivity contribution in [1.82, 2.24) is 0 Å². The second kappa shape index (κ2) is 5.04. The summed E-state index contributed by atoms with van der Waals surface area (Å²) in [6.45, 7) is 1.66. The normalized spacial score (nSPS) is 11.9. The van der Waals surface area contributed by atoms with Gasteiger partial charge >= 0.3 is 0 Å². The summed E-state index contributed by atoms with van der Waals surface area (Å²) in [6, 6.07) is 6.13. The van der Waals surface area contributed by atoms with Crippen molar-refractivity contribution in [3.63, 3.8) is 0 Å². The zero-order valence-electron chi connectivity index (χ0n) is 8.13. The average molecular weight is 270 g/mol. The van der Waals surface area contributed by atoms with Crippen LogP contribution in [0.2, 0.25) is 0 Å². The molecule has 0 N–H and O–H groups in total. The number of carbonyl (C=O) groups excluding carboxylic acids is 1. The van der Waals surface area contributed by atoms with E-state index in [1.54, 1.807) is 13.0 Å². The summed E-state index contributed by atoms with van der Waals surface area (Å²) in [5, 5.41) is 8.45. The topological polar surface area (TPSA) is 40.9 Å². The van der Waals surface area contributed by atoms with Crippen molar-refractivity contribution in [2.45, 2.75) is 13.3 Å². The third kappa shape index (κ3) is 2.87. The second-order valence-corrected chi connectivity index (χ2v) is 4.11. The zero-order valence-corrected chi connectivity index (χ0v) is 9.71. The van der Waals surface area contributed by atoms with Gasteiger partial charge in [-0.25, -0.2) is 4.39 Å². The maximum absolute atomic E-state index is 13.1.